The first-order valence-electron chi connectivity index (χ1n) is 18.3. The fraction of sp³-hybridized carbons (Fsp3) is 0.318. The van der Waals surface area contributed by atoms with Crippen molar-refractivity contribution in [1.82, 2.24) is 0 Å². The molecule has 0 atom stereocenters. The lowest BCUT2D eigenvalue weighted by Gasteiger charge is -2.45. The summed E-state index contributed by atoms with van der Waals surface area (Å²) in [6.07, 6.45) is 13.4. The predicted octanol–water partition coefficient (Wildman–Crippen LogP) is 10.5. The summed E-state index contributed by atoms with van der Waals surface area (Å²) in [6.45, 7) is 4.72. The van der Waals surface area contributed by atoms with Gasteiger partial charge in [-0.05, 0) is 126 Å². The van der Waals surface area contributed by atoms with E-state index in [-0.39, 0.29) is 6.71 Å². The number of nitrogens with zero attached hydrogens (tertiary/aromatic N) is 2. The average molecular weight is 613 g/mol. The number of hydrogen-bond donors (Lipinski definition) is 0. The third-order valence-corrected chi connectivity index (χ3v) is 11.9. The number of aryl methyl sites for hydroxylation is 2. The first kappa shape index (κ1) is 28.9. The first-order valence-corrected chi connectivity index (χ1v) is 18.3. The van der Waals surface area contributed by atoms with Crippen LogP contribution in [0.25, 0.3) is 0 Å². The van der Waals surface area contributed by atoms with Crippen LogP contribution >= 0.6 is 0 Å². The molecule has 4 aliphatic rings. The lowest BCUT2D eigenvalue weighted by atomic mass is 9.33. The fourth-order valence-electron chi connectivity index (χ4n) is 9.51. The lowest BCUT2D eigenvalue weighted by Crippen LogP contribution is -2.61. The van der Waals surface area contributed by atoms with Crippen LogP contribution in [0.5, 0.6) is 0 Å². The molecular weight excluding hydrogens is 567 g/mol. The molecule has 0 spiro atoms. The summed E-state index contributed by atoms with van der Waals surface area (Å²) in [6, 6.07) is 40.1. The molecule has 0 saturated heterocycles. The zero-order valence-corrected chi connectivity index (χ0v) is 28.0. The van der Waals surface area contributed by atoms with E-state index in [0.717, 1.165) is 0 Å². The molecule has 2 aliphatic heterocycles. The van der Waals surface area contributed by atoms with E-state index in [4.69, 9.17) is 0 Å². The predicted molar refractivity (Wildman–Crippen MR) is 202 cm³/mol. The van der Waals surface area contributed by atoms with Crippen molar-refractivity contribution in [3.05, 3.63) is 125 Å². The molecule has 5 aromatic rings. The van der Waals surface area contributed by atoms with Crippen molar-refractivity contribution >= 4 is 57.2 Å². The summed E-state index contributed by atoms with van der Waals surface area (Å²) >= 11 is 0. The second kappa shape index (κ2) is 11.8. The minimum absolute atomic E-state index is 0.193. The van der Waals surface area contributed by atoms with Crippen LogP contribution in [0.4, 0.5) is 34.1 Å². The number of benzene rings is 5. The molecule has 2 saturated carbocycles. The van der Waals surface area contributed by atoms with Crippen LogP contribution < -0.4 is 26.2 Å². The van der Waals surface area contributed by atoms with Crippen LogP contribution in [0.2, 0.25) is 0 Å². The largest absolute Gasteiger partial charge is 0.311 e. The molecule has 2 nitrogen and oxygen atoms in total. The maximum atomic E-state index is 2.64. The summed E-state index contributed by atoms with van der Waals surface area (Å²) in [7, 11) is 0. The quantitative estimate of drug-likeness (QED) is 0.183. The van der Waals surface area contributed by atoms with Gasteiger partial charge in [0.25, 0.3) is 6.71 Å². The molecule has 5 aromatic carbocycles. The molecule has 2 aliphatic carbocycles. The lowest BCUT2D eigenvalue weighted by molar-refractivity contribution is 0.444. The molecule has 0 aromatic heterocycles. The standard InChI is InChI=1S/C44H45BN2/c1-30-14-9-11-20-38(30)46-40-26-24-34(32-16-5-3-6-17-32)28-36(40)45-37-29-35(33-18-7-4-8-19-33)25-27-41(37)47(39-21-12-10-15-31(39)2)43-23-13-22-42(46)44(43)45/h9-15,20-29,32-33H,3-8,16-19H2,1-2H3. The zero-order valence-electron chi connectivity index (χ0n) is 28.0. The van der Waals surface area contributed by atoms with Gasteiger partial charge in [-0.25, -0.2) is 0 Å². The first-order chi connectivity index (χ1) is 23.2. The zero-order chi connectivity index (χ0) is 31.5. The molecule has 2 fully saturated rings. The van der Waals surface area contributed by atoms with Crippen molar-refractivity contribution < 1.29 is 0 Å². The molecule has 3 heteroatoms. The Bertz CT molecular complexity index is 1830. The van der Waals surface area contributed by atoms with E-state index in [9.17, 15) is 0 Å². The Morgan fingerprint density at radius 2 is 0.872 bits per heavy atom. The number of hydrogen-bond acceptors (Lipinski definition) is 2. The number of para-hydroxylation sites is 2. The van der Waals surface area contributed by atoms with Crippen LogP contribution in [-0.4, -0.2) is 6.71 Å². The van der Waals surface area contributed by atoms with Gasteiger partial charge in [-0.3, -0.25) is 0 Å². The summed E-state index contributed by atoms with van der Waals surface area (Å²) < 4.78 is 0. The molecule has 0 N–H and O–H groups in total. The minimum atomic E-state index is 0.193. The highest BCUT2D eigenvalue weighted by molar-refractivity contribution is 7.00. The summed E-state index contributed by atoms with van der Waals surface area (Å²) in [5.41, 5.74) is 17.9. The van der Waals surface area contributed by atoms with Gasteiger partial charge in [0, 0.05) is 34.1 Å². The number of rotatable bonds is 4. The maximum absolute atomic E-state index is 2.64. The Labute approximate surface area is 281 Å². The monoisotopic (exact) mass is 612 g/mol. The smallest absolute Gasteiger partial charge is 0.252 e. The van der Waals surface area contributed by atoms with Gasteiger partial charge >= 0.3 is 0 Å². The average Bonchev–Trinajstić information content (AvgIpc) is 3.13. The molecule has 2 heterocycles. The topological polar surface area (TPSA) is 6.48 Å². The van der Waals surface area contributed by atoms with E-state index >= 15 is 0 Å². The molecular formula is C44H45BN2. The van der Waals surface area contributed by atoms with E-state index in [2.05, 4.69) is 127 Å². The second-order valence-electron chi connectivity index (χ2n) is 14.7. The summed E-state index contributed by atoms with van der Waals surface area (Å²) in [4.78, 5) is 5.16. The van der Waals surface area contributed by atoms with Crippen LogP contribution in [0, 0.1) is 13.8 Å². The Balaban J connectivity index is 1.33. The van der Waals surface area contributed by atoms with Crippen molar-refractivity contribution in [2.75, 3.05) is 9.80 Å². The van der Waals surface area contributed by atoms with Gasteiger partial charge in [0.1, 0.15) is 0 Å². The van der Waals surface area contributed by atoms with Crippen molar-refractivity contribution in [2.45, 2.75) is 89.9 Å². The maximum Gasteiger partial charge on any atom is 0.252 e. The van der Waals surface area contributed by atoms with Crippen molar-refractivity contribution in [2.24, 2.45) is 0 Å². The van der Waals surface area contributed by atoms with Crippen molar-refractivity contribution in [1.29, 1.82) is 0 Å². The molecule has 47 heavy (non-hydrogen) atoms. The van der Waals surface area contributed by atoms with E-state index in [1.165, 1.54) is 126 Å². The van der Waals surface area contributed by atoms with Crippen molar-refractivity contribution in [3.8, 4) is 0 Å². The van der Waals surface area contributed by atoms with Gasteiger partial charge in [-0.15, -0.1) is 0 Å². The Kier molecular flexibility index (Phi) is 7.25. The number of anilines is 6. The highest BCUT2D eigenvalue weighted by atomic mass is 15.2. The van der Waals surface area contributed by atoms with Gasteiger partial charge in [0.15, 0.2) is 0 Å². The Morgan fingerprint density at radius 1 is 0.447 bits per heavy atom. The molecule has 0 radical (unpaired) electrons. The minimum Gasteiger partial charge on any atom is -0.311 e. The van der Waals surface area contributed by atoms with Gasteiger partial charge < -0.3 is 9.80 Å². The van der Waals surface area contributed by atoms with E-state index < -0.39 is 0 Å². The fourth-order valence-corrected chi connectivity index (χ4v) is 9.51. The molecule has 234 valence electrons. The van der Waals surface area contributed by atoms with Crippen LogP contribution in [0.1, 0.15) is 98.3 Å². The van der Waals surface area contributed by atoms with Gasteiger partial charge in [0.05, 0.1) is 0 Å². The van der Waals surface area contributed by atoms with Gasteiger partial charge in [-0.1, -0.05) is 105 Å². The van der Waals surface area contributed by atoms with Gasteiger partial charge in [0.2, 0.25) is 0 Å². The Hall–Kier alpha value is -4.24. The van der Waals surface area contributed by atoms with Crippen LogP contribution in [0.3, 0.4) is 0 Å². The SMILES string of the molecule is Cc1ccccc1N1c2ccc(C3CCCCC3)cc2B2c3cc(C4CCCCC4)ccc3N(c3ccccc3C)c3cccc1c32. The normalized spacial score (nSPS) is 17.7. The third-order valence-electron chi connectivity index (χ3n) is 11.9. The molecule has 0 amide bonds. The van der Waals surface area contributed by atoms with Crippen LogP contribution in [-0.2, 0) is 0 Å². The third kappa shape index (κ3) is 4.76. The van der Waals surface area contributed by atoms with Gasteiger partial charge in [-0.2, -0.15) is 0 Å². The van der Waals surface area contributed by atoms with Crippen molar-refractivity contribution in [3.63, 3.8) is 0 Å². The summed E-state index contributed by atoms with van der Waals surface area (Å²) in [5, 5.41) is 0. The van der Waals surface area contributed by atoms with E-state index in [1.807, 2.05) is 0 Å². The highest BCUT2D eigenvalue weighted by Crippen LogP contribution is 2.46. The molecule has 9 rings (SSSR count). The van der Waals surface area contributed by atoms with E-state index in [1.54, 1.807) is 11.1 Å². The van der Waals surface area contributed by atoms with Crippen LogP contribution in [0.15, 0.2) is 103 Å². The highest BCUT2D eigenvalue weighted by Gasteiger charge is 2.44. The molecule has 0 unspecified atom stereocenters. The van der Waals surface area contributed by atoms with E-state index in [0.29, 0.717) is 11.8 Å². The Morgan fingerprint density at radius 3 is 1.32 bits per heavy atom. The number of fused-ring (bicyclic) bond motifs is 4. The summed E-state index contributed by atoms with van der Waals surface area (Å²) in [5.74, 6) is 1.33. The second-order valence-corrected chi connectivity index (χ2v) is 14.7. The molecule has 0 bridgehead atoms.